The molecule has 4 nitrogen and oxygen atoms in total. The zero-order valence-corrected chi connectivity index (χ0v) is 10.9. The molecule has 96 valence electrons. The van der Waals surface area contributed by atoms with Gasteiger partial charge >= 0.3 is 0 Å². The molecule has 0 bridgehead atoms. The van der Waals surface area contributed by atoms with Gasteiger partial charge in [0.2, 0.25) is 0 Å². The average molecular weight is 253 g/mol. The lowest BCUT2D eigenvalue weighted by atomic mass is 10.0. The molecule has 0 atom stereocenters. The van der Waals surface area contributed by atoms with Gasteiger partial charge in [0.15, 0.2) is 5.78 Å². The summed E-state index contributed by atoms with van der Waals surface area (Å²) in [5, 5.41) is 0. The maximum Gasteiger partial charge on any atom is 0.177 e. The molecule has 4 heteroatoms. The Bertz CT molecular complexity index is 763. The van der Waals surface area contributed by atoms with Crippen molar-refractivity contribution in [3.8, 4) is 11.1 Å². The summed E-state index contributed by atoms with van der Waals surface area (Å²) in [7, 11) is 1.96. The number of hydrogen-bond acceptors (Lipinski definition) is 2. The smallest absolute Gasteiger partial charge is 0.177 e. The number of aromatic nitrogens is 2. The van der Waals surface area contributed by atoms with Crippen LogP contribution in [0.4, 0.5) is 5.69 Å². The van der Waals surface area contributed by atoms with E-state index in [0.29, 0.717) is 5.69 Å². The highest BCUT2D eigenvalue weighted by Gasteiger charge is 2.17. The second-order valence-electron chi connectivity index (χ2n) is 4.72. The van der Waals surface area contributed by atoms with Gasteiger partial charge in [0.25, 0.3) is 0 Å². The molecular weight excluding hydrogens is 238 g/mol. The van der Waals surface area contributed by atoms with Gasteiger partial charge in [-0.05, 0) is 23.8 Å². The van der Waals surface area contributed by atoms with Crippen LogP contribution in [-0.2, 0) is 7.05 Å². The summed E-state index contributed by atoms with van der Waals surface area (Å²) in [5.41, 5.74) is 10.1. The van der Waals surface area contributed by atoms with Crippen LogP contribution >= 0.6 is 0 Å². The molecule has 0 spiro atoms. The van der Waals surface area contributed by atoms with Crippen LogP contribution in [0, 0.1) is 0 Å². The molecule has 0 radical (unpaired) electrons. The fourth-order valence-corrected chi connectivity index (χ4v) is 2.42. The van der Waals surface area contributed by atoms with Crippen LogP contribution in [-0.4, -0.2) is 14.8 Å². The predicted molar refractivity (Wildman–Crippen MR) is 76.2 cm³/mol. The van der Waals surface area contributed by atoms with Crippen LogP contribution in [0.5, 0.6) is 0 Å². The van der Waals surface area contributed by atoms with Crippen molar-refractivity contribution in [2.24, 2.45) is 7.05 Å². The van der Waals surface area contributed by atoms with Gasteiger partial charge < -0.3 is 10.3 Å². The summed E-state index contributed by atoms with van der Waals surface area (Å²) >= 11 is 0. The Morgan fingerprint density at radius 2 is 1.84 bits per heavy atom. The number of ketones is 1. The molecule has 0 saturated carbocycles. The molecule has 0 aliphatic rings. The van der Waals surface area contributed by atoms with Crippen molar-refractivity contribution in [1.82, 2.24) is 8.97 Å². The summed E-state index contributed by atoms with van der Waals surface area (Å²) < 4.78 is 3.92. The first kappa shape index (κ1) is 11.6. The topological polar surface area (TPSA) is 52.4 Å². The van der Waals surface area contributed by atoms with Gasteiger partial charge in [-0.25, -0.2) is 0 Å². The number of nitrogens with two attached hydrogens (primary N) is 1. The van der Waals surface area contributed by atoms with Gasteiger partial charge in [0, 0.05) is 37.6 Å². The third-order valence-electron chi connectivity index (χ3n) is 3.37. The van der Waals surface area contributed by atoms with Crippen molar-refractivity contribution < 1.29 is 4.79 Å². The quantitative estimate of drug-likeness (QED) is 0.564. The third kappa shape index (κ3) is 1.73. The van der Waals surface area contributed by atoms with E-state index in [-0.39, 0.29) is 5.78 Å². The van der Waals surface area contributed by atoms with Gasteiger partial charge in [-0.2, -0.15) is 0 Å². The van der Waals surface area contributed by atoms with Crippen LogP contribution in [0.15, 0.2) is 42.7 Å². The highest BCUT2D eigenvalue weighted by molar-refractivity contribution is 6.01. The Hall–Kier alpha value is -2.49. The number of anilines is 1. The van der Waals surface area contributed by atoms with Crippen LogP contribution in [0.25, 0.3) is 16.8 Å². The first-order valence-electron chi connectivity index (χ1n) is 6.11. The average Bonchev–Trinajstić information content (AvgIpc) is 2.90. The SMILES string of the molecule is CC(=O)c1c(-c2ccc(N)cc2)cc2n(C)ccn12. The maximum absolute atomic E-state index is 11.9. The van der Waals surface area contributed by atoms with E-state index in [4.69, 9.17) is 5.73 Å². The molecule has 3 rings (SSSR count). The van der Waals surface area contributed by atoms with Crippen molar-refractivity contribution in [2.45, 2.75) is 6.92 Å². The van der Waals surface area contributed by atoms with E-state index in [1.165, 1.54) is 0 Å². The van der Waals surface area contributed by atoms with Crippen molar-refractivity contribution in [2.75, 3.05) is 5.73 Å². The zero-order chi connectivity index (χ0) is 13.6. The first-order valence-corrected chi connectivity index (χ1v) is 6.11. The lowest BCUT2D eigenvalue weighted by molar-refractivity contribution is 0.101. The van der Waals surface area contributed by atoms with E-state index in [9.17, 15) is 4.79 Å². The fourth-order valence-electron chi connectivity index (χ4n) is 2.42. The van der Waals surface area contributed by atoms with Gasteiger partial charge in [-0.1, -0.05) is 12.1 Å². The fraction of sp³-hybridized carbons (Fsp3) is 0.133. The lowest BCUT2D eigenvalue weighted by Crippen LogP contribution is -1.99. The van der Waals surface area contributed by atoms with E-state index in [2.05, 4.69) is 0 Å². The number of hydrogen-bond donors (Lipinski definition) is 1. The molecule has 19 heavy (non-hydrogen) atoms. The maximum atomic E-state index is 11.9. The Labute approximate surface area is 111 Å². The predicted octanol–water partition coefficient (Wildman–Crippen LogP) is 2.73. The van der Waals surface area contributed by atoms with E-state index in [1.54, 1.807) is 6.92 Å². The Morgan fingerprint density at radius 1 is 1.16 bits per heavy atom. The van der Waals surface area contributed by atoms with Crippen LogP contribution < -0.4 is 5.73 Å². The second-order valence-corrected chi connectivity index (χ2v) is 4.72. The third-order valence-corrected chi connectivity index (χ3v) is 3.37. The second kappa shape index (κ2) is 4.02. The highest BCUT2D eigenvalue weighted by atomic mass is 16.1. The summed E-state index contributed by atoms with van der Waals surface area (Å²) in [6.07, 6.45) is 3.85. The minimum Gasteiger partial charge on any atom is -0.399 e. The summed E-state index contributed by atoms with van der Waals surface area (Å²) in [6.45, 7) is 1.59. The van der Waals surface area contributed by atoms with Crippen molar-refractivity contribution >= 4 is 17.1 Å². The van der Waals surface area contributed by atoms with E-state index >= 15 is 0 Å². The number of imidazole rings is 1. The highest BCUT2D eigenvalue weighted by Crippen LogP contribution is 2.29. The Balaban J connectivity index is 2.30. The molecule has 3 aromatic rings. The molecule has 2 heterocycles. The molecule has 0 amide bonds. The molecule has 2 aromatic heterocycles. The molecule has 0 fully saturated rings. The van der Waals surface area contributed by atoms with E-state index < -0.39 is 0 Å². The number of carbonyl (C=O) groups excluding carboxylic acids is 1. The van der Waals surface area contributed by atoms with E-state index in [0.717, 1.165) is 22.5 Å². The molecule has 0 aliphatic carbocycles. The Kier molecular flexibility index (Phi) is 2.45. The number of nitrogen functional groups attached to an aromatic ring is 1. The van der Waals surface area contributed by atoms with Gasteiger partial charge in [0.05, 0.1) is 5.69 Å². The number of benzene rings is 1. The minimum atomic E-state index is 0.0537. The minimum absolute atomic E-state index is 0.0537. The number of carbonyl (C=O) groups is 1. The molecule has 2 N–H and O–H groups in total. The largest absolute Gasteiger partial charge is 0.399 e. The number of rotatable bonds is 2. The van der Waals surface area contributed by atoms with Crippen molar-refractivity contribution in [3.63, 3.8) is 0 Å². The summed E-state index contributed by atoms with van der Waals surface area (Å²) in [5.74, 6) is 0.0537. The van der Waals surface area contributed by atoms with Gasteiger partial charge in [-0.3, -0.25) is 9.20 Å². The summed E-state index contributed by atoms with van der Waals surface area (Å²) in [6, 6.07) is 9.61. The van der Waals surface area contributed by atoms with Crippen LogP contribution in [0.3, 0.4) is 0 Å². The molecule has 0 saturated heterocycles. The monoisotopic (exact) mass is 253 g/mol. The number of fused-ring (bicyclic) bond motifs is 1. The van der Waals surface area contributed by atoms with Gasteiger partial charge in [0.1, 0.15) is 5.65 Å². The summed E-state index contributed by atoms with van der Waals surface area (Å²) in [4.78, 5) is 11.9. The normalized spacial score (nSPS) is 11.1. The number of aryl methyl sites for hydroxylation is 1. The lowest BCUT2D eigenvalue weighted by Gasteiger charge is -2.03. The first-order chi connectivity index (χ1) is 9.08. The standard InChI is InChI=1S/C15H15N3O/c1-10(19)15-13(11-3-5-12(16)6-4-11)9-14-17(2)7-8-18(14)15/h3-9H,16H2,1-2H3. The Morgan fingerprint density at radius 3 is 2.47 bits per heavy atom. The van der Waals surface area contributed by atoms with Crippen molar-refractivity contribution in [1.29, 1.82) is 0 Å². The van der Waals surface area contributed by atoms with Crippen LogP contribution in [0.1, 0.15) is 17.4 Å². The molecule has 0 unspecified atom stereocenters. The van der Waals surface area contributed by atoms with E-state index in [1.807, 2.05) is 58.7 Å². The van der Waals surface area contributed by atoms with Crippen molar-refractivity contribution in [3.05, 3.63) is 48.4 Å². The van der Waals surface area contributed by atoms with Crippen LogP contribution in [0.2, 0.25) is 0 Å². The molecule has 1 aromatic carbocycles. The number of nitrogens with zero attached hydrogens (tertiary/aromatic N) is 2. The zero-order valence-electron chi connectivity index (χ0n) is 10.9. The van der Waals surface area contributed by atoms with Gasteiger partial charge in [-0.15, -0.1) is 0 Å². The number of Topliss-reactive ketones (excluding diaryl/α,β-unsaturated/α-hetero) is 1. The molecular formula is C15H15N3O. The molecule has 0 aliphatic heterocycles.